The standard InChI is InChI=1S/C28H44O6/c1-18(2)16-25(31)33-15-13-19(3)8-10-21-20(4)9-11-22-27(5,6)23(12-14-28(21,22)7)34-26(32)17-24(29)30/h9,13,18,21-23H,8,10-12,14-17H2,1-7H3,(H,29,30)/b19-13+/t21-,22-,23+,28-/m1/s1. The van der Waals surface area contributed by atoms with Crippen molar-refractivity contribution in [3.63, 3.8) is 0 Å². The van der Waals surface area contributed by atoms with Crippen LogP contribution in [0.15, 0.2) is 23.3 Å². The molecule has 1 N–H and O–H groups in total. The molecule has 2 aliphatic carbocycles. The highest BCUT2D eigenvalue weighted by atomic mass is 16.5. The van der Waals surface area contributed by atoms with Crippen molar-refractivity contribution in [2.75, 3.05) is 6.61 Å². The summed E-state index contributed by atoms with van der Waals surface area (Å²) in [6, 6.07) is 0. The molecule has 34 heavy (non-hydrogen) atoms. The first-order valence-electron chi connectivity index (χ1n) is 12.7. The first kappa shape index (κ1) is 28.1. The molecule has 0 spiro atoms. The van der Waals surface area contributed by atoms with Gasteiger partial charge in [-0.1, -0.05) is 51.8 Å². The zero-order valence-electron chi connectivity index (χ0n) is 22.1. The van der Waals surface area contributed by atoms with Gasteiger partial charge in [0.15, 0.2) is 0 Å². The Labute approximate surface area is 205 Å². The van der Waals surface area contributed by atoms with Crippen LogP contribution >= 0.6 is 0 Å². The number of esters is 2. The Hall–Kier alpha value is -2.11. The Morgan fingerprint density at radius 1 is 1.21 bits per heavy atom. The summed E-state index contributed by atoms with van der Waals surface area (Å²) in [6.07, 6.45) is 8.54. The van der Waals surface area contributed by atoms with Crippen molar-refractivity contribution >= 4 is 17.9 Å². The smallest absolute Gasteiger partial charge is 0.317 e. The first-order chi connectivity index (χ1) is 15.8. The molecule has 6 nitrogen and oxygen atoms in total. The first-order valence-corrected chi connectivity index (χ1v) is 12.7. The second kappa shape index (κ2) is 11.5. The molecule has 0 heterocycles. The van der Waals surface area contributed by atoms with Crippen LogP contribution in [0, 0.1) is 28.6 Å². The summed E-state index contributed by atoms with van der Waals surface area (Å²) < 4.78 is 11.0. The van der Waals surface area contributed by atoms with E-state index in [-0.39, 0.29) is 22.9 Å². The van der Waals surface area contributed by atoms with Gasteiger partial charge in [0, 0.05) is 11.8 Å². The van der Waals surface area contributed by atoms with Gasteiger partial charge in [0.25, 0.3) is 0 Å². The van der Waals surface area contributed by atoms with Crippen LogP contribution in [0.4, 0.5) is 0 Å². The highest BCUT2D eigenvalue weighted by molar-refractivity contribution is 5.90. The highest BCUT2D eigenvalue weighted by Gasteiger charge is 2.56. The lowest BCUT2D eigenvalue weighted by atomic mass is 9.47. The molecule has 0 saturated heterocycles. The van der Waals surface area contributed by atoms with Crippen LogP contribution in [0.5, 0.6) is 0 Å². The molecule has 0 unspecified atom stereocenters. The average Bonchev–Trinajstić information content (AvgIpc) is 2.68. The van der Waals surface area contributed by atoms with Crippen molar-refractivity contribution in [3.8, 4) is 0 Å². The maximum absolute atomic E-state index is 12.1. The van der Waals surface area contributed by atoms with Crippen LogP contribution in [-0.2, 0) is 23.9 Å². The molecule has 2 aliphatic rings. The van der Waals surface area contributed by atoms with Gasteiger partial charge in [0.1, 0.15) is 19.1 Å². The summed E-state index contributed by atoms with van der Waals surface area (Å²) in [7, 11) is 0. The Morgan fingerprint density at radius 3 is 2.50 bits per heavy atom. The third-order valence-corrected chi connectivity index (χ3v) is 8.14. The topological polar surface area (TPSA) is 89.9 Å². The van der Waals surface area contributed by atoms with E-state index in [2.05, 4.69) is 40.7 Å². The van der Waals surface area contributed by atoms with E-state index in [0.29, 0.717) is 30.8 Å². The quantitative estimate of drug-likeness (QED) is 0.233. The SMILES string of the molecule is CC1=CC[C@@H]2C(C)(C)[C@@H](OC(=O)CC(=O)O)CC[C@]2(C)[C@@H]1CC/C(C)=C/COC(=O)CC(C)C. The third kappa shape index (κ3) is 6.96. The minimum absolute atomic E-state index is 0.0854. The average molecular weight is 477 g/mol. The lowest BCUT2D eigenvalue weighted by Crippen LogP contribution is -2.55. The molecular weight excluding hydrogens is 432 g/mol. The van der Waals surface area contributed by atoms with Crippen molar-refractivity contribution in [2.24, 2.45) is 28.6 Å². The predicted octanol–water partition coefficient (Wildman–Crippen LogP) is 6.10. The van der Waals surface area contributed by atoms with Gasteiger partial charge in [-0.15, -0.1) is 0 Å². The number of allylic oxidation sites excluding steroid dienone is 3. The maximum atomic E-state index is 12.1. The van der Waals surface area contributed by atoms with Crippen molar-refractivity contribution in [1.29, 1.82) is 0 Å². The monoisotopic (exact) mass is 476 g/mol. The number of fused-ring (bicyclic) bond motifs is 1. The number of rotatable bonds is 10. The van der Waals surface area contributed by atoms with Crippen molar-refractivity contribution in [1.82, 2.24) is 0 Å². The van der Waals surface area contributed by atoms with Crippen molar-refractivity contribution < 1.29 is 29.0 Å². The summed E-state index contributed by atoms with van der Waals surface area (Å²) in [4.78, 5) is 34.7. The number of hydrogen-bond acceptors (Lipinski definition) is 5. The Morgan fingerprint density at radius 2 is 1.88 bits per heavy atom. The van der Waals surface area contributed by atoms with E-state index in [1.165, 1.54) is 11.1 Å². The molecule has 0 aromatic rings. The Bertz CT molecular complexity index is 821. The van der Waals surface area contributed by atoms with E-state index in [4.69, 9.17) is 14.6 Å². The molecule has 0 bridgehead atoms. The fourth-order valence-corrected chi connectivity index (χ4v) is 6.25. The van der Waals surface area contributed by atoms with Gasteiger partial charge < -0.3 is 14.6 Å². The zero-order chi connectivity index (χ0) is 25.7. The van der Waals surface area contributed by atoms with E-state index < -0.39 is 18.4 Å². The molecule has 4 atom stereocenters. The van der Waals surface area contributed by atoms with Gasteiger partial charge in [-0.3, -0.25) is 14.4 Å². The molecule has 0 aromatic carbocycles. The van der Waals surface area contributed by atoms with Crippen molar-refractivity contribution in [3.05, 3.63) is 23.3 Å². The predicted molar refractivity (Wildman–Crippen MR) is 132 cm³/mol. The normalized spacial score (nSPS) is 28.6. The van der Waals surface area contributed by atoms with E-state index in [1.807, 2.05) is 19.9 Å². The number of carbonyl (C=O) groups excluding carboxylic acids is 2. The summed E-state index contributed by atoms with van der Waals surface area (Å²) >= 11 is 0. The van der Waals surface area contributed by atoms with Gasteiger partial charge in [0.05, 0.1) is 0 Å². The number of carboxylic acid groups (broad SMARTS) is 1. The molecular formula is C28H44O6. The number of carboxylic acids is 1. The molecule has 0 aliphatic heterocycles. The van der Waals surface area contributed by atoms with E-state index in [1.54, 1.807) is 0 Å². The van der Waals surface area contributed by atoms with Gasteiger partial charge in [-0.2, -0.15) is 0 Å². The molecule has 0 amide bonds. The van der Waals surface area contributed by atoms with Crippen LogP contribution in [0.25, 0.3) is 0 Å². The van der Waals surface area contributed by atoms with Crippen LogP contribution in [0.2, 0.25) is 0 Å². The Balaban J connectivity index is 2.05. The minimum Gasteiger partial charge on any atom is -0.481 e. The fourth-order valence-electron chi connectivity index (χ4n) is 6.25. The Kier molecular flexibility index (Phi) is 9.55. The lowest BCUT2D eigenvalue weighted by molar-refractivity contribution is -0.176. The minimum atomic E-state index is -1.15. The highest BCUT2D eigenvalue weighted by Crippen LogP contribution is 2.61. The molecule has 1 saturated carbocycles. The third-order valence-electron chi connectivity index (χ3n) is 8.14. The number of carbonyl (C=O) groups is 3. The largest absolute Gasteiger partial charge is 0.481 e. The second-order valence-corrected chi connectivity index (χ2v) is 11.6. The van der Waals surface area contributed by atoms with Crippen LogP contribution in [0.3, 0.4) is 0 Å². The molecule has 192 valence electrons. The fraction of sp³-hybridized carbons (Fsp3) is 0.750. The number of hydrogen-bond donors (Lipinski definition) is 1. The molecule has 0 radical (unpaired) electrons. The van der Waals surface area contributed by atoms with Gasteiger partial charge in [0.2, 0.25) is 0 Å². The number of aliphatic carboxylic acids is 1. The van der Waals surface area contributed by atoms with E-state index in [0.717, 1.165) is 32.1 Å². The summed E-state index contributed by atoms with van der Waals surface area (Å²) in [5.74, 6) is -0.892. The zero-order valence-corrected chi connectivity index (χ0v) is 22.1. The van der Waals surface area contributed by atoms with Gasteiger partial charge in [-0.05, 0) is 75.2 Å². The van der Waals surface area contributed by atoms with Crippen LogP contribution in [-0.4, -0.2) is 35.7 Å². The number of ether oxygens (including phenoxy) is 2. The van der Waals surface area contributed by atoms with Crippen molar-refractivity contribution in [2.45, 2.75) is 99.5 Å². The van der Waals surface area contributed by atoms with Gasteiger partial charge in [-0.25, -0.2) is 0 Å². The molecule has 1 fully saturated rings. The summed E-state index contributed by atoms with van der Waals surface area (Å²) in [5, 5.41) is 8.92. The van der Waals surface area contributed by atoms with E-state index >= 15 is 0 Å². The van der Waals surface area contributed by atoms with Crippen LogP contribution in [0.1, 0.15) is 93.4 Å². The molecule has 2 rings (SSSR count). The summed E-state index contributed by atoms with van der Waals surface area (Å²) in [5.41, 5.74) is 2.49. The summed E-state index contributed by atoms with van der Waals surface area (Å²) in [6.45, 7) is 15.4. The van der Waals surface area contributed by atoms with E-state index in [9.17, 15) is 14.4 Å². The van der Waals surface area contributed by atoms with Crippen LogP contribution < -0.4 is 0 Å². The molecule has 0 aromatic heterocycles. The second-order valence-electron chi connectivity index (χ2n) is 11.6. The lowest BCUT2D eigenvalue weighted by Gasteiger charge is -2.59. The maximum Gasteiger partial charge on any atom is 0.317 e. The molecule has 6 heteroatoms. The van der Waals surface area contributed by atoms with Gasteiger partial charge >= 0.3 is 17.9 Å².